The number of ether oxygens (including phenoxy) is 1. The van der Waals surface area contributed by atoms with Crippen molar-refractivity contribution in [3.05, 3.63) is 59.1 Å². The predicted octanol–water partition coefficient (Wildman–Crippen LogP) is 4.69. The molecule has 0 aliphatic carbocycles. The van der Waals surface area contributed by atoms with Crippen LogP contribution in [0.1, 0.15) is 23.7 Å². The summed E-state index contributed by atoms with van der Waals surface area (Å²) < 4.78 is 10.6. The number of aromatic nitrogens is 2. The summed E-state index contributed by atoms with van der Waals surface area (Å²) >= 11 is 6.99. The summed E-state index contributed by atoms with van der Waals surface area (Å²) in [7, 11) is 0. The Kier molecular flexibility index (Phi) is 7.26. The quantitative estimate of drug-likeness (QED) is 0.408. The van der Waals surface area contributed by atoms with Crippen molar-refractivity contribution in [3.63, 3.8) is 0 Å². The molecule has 0 aliphatic heterocycles. The molecule has 7 nitrogen and oxygen atoms in total. The molecule has 29 heavy (non-hydrogen) atoms. The maximum absolute atomic E-state index is 12.1. The second kappa shape index (κ2) is 10.1. The minimum atomic E-state index is -0.381. The normalized spacial score (nSPS) is 10.6. The van der Waals surface area contributed by atoms with Gasteiger partial charge in [-0.3, -0.25) is 4.79 Å². The van der Waals surface area contributed by atoms with E-state index in [-0.39, 0.29) is 17.6 Å². The van der Waals surface area contributed by atoms with Gasteiger partial charge in [-0.05, 0) is 55.0 Å². The molecule has 0 bridgehead atoms. The molecule has 9 heteroatoms. The van der Waals surface area contributed by atoms with E-state index in [0.717, 1.165) is 23.7 Å². The number of halogens is 1. The molecule has 0 unspecified atom stereocenters. The van der Waals surface area contributed by atoms with Crippen molar-refractivity contribution in [3.8, 4) is 11.5 Å². The molecule has 0 saturated carbocycles. The van der Waals surface area contributed by atoms with Gasteiger partial charge in [0.05, 0.1) is 17.9 Å². The molecule has 0 aliphatic rings. The highest BCUT2D eigenvalue weighted by atomic mass is 35.5. The topological polar surface area (TPSA) is 94.3 Å². The molecule has 1 aromatic heterocycles. The first-order valence-electron chi connectivity index (χ1n) is 8.84. The Balaban J connectivity index is 1.50. The third-order valence-corrected chi connectivity index (χ3v) is 4.74. The van der Waals surface area contributed by atoms with Gasteiger partial charge in [0.25, 0.3) is 5.22 Å². The van der Waals surface area contributed by atoms with Crippen LogP contribution in [0, 0.1) is 0 Å². The Hall–Kier alpha value is -2.84. The summed E-state index contributed by atoms with van der Waals surface area (Å²) in [5.74, 6) is -0.159. The third kappa shape index (κ3) is 6.07. The molecule has 2 aromatic carbocycles. The van der Waals surface area contributed by atoms with Gasteiger partial charge < -0.3 is 14.5 Å². The molecule has 150 valence electrons. The van der Waals surface area contributed by atoms with Gasteiger partial charge in [-0.25, -0.2) is 4.79 Å². The third-order valence-electron chi connectivity index (χ3n) is 3.67. The number of benzene rings is 2. The van der Waals surface area contributed by atoms with Gasteiger partial charge in [-0.2, -0.15) is 0 Å². The van der Waals surface area contributed by atoms with Crippen LogP contribution in [-0.4, -0.2) is 34.4 Å². The van der Waals surface area contributed by atoms with Gasteiger partial charge in [0.15, 0.2) is 0 Å². The predicted molar refractivity (Wildman–Crippen MR) is 111 cm³/mol. The lowest BCUT2D eigenvalue weighted by Gasteiger charge is -2.06. The highest BCUT2D eigenvalue weighted by Gasteiger charge is 2.12. The number of thioether (sulfide) groups is 1. The van der Waals surface area contributed by atoms with Crippen molar-refractivity contribution in [1.29, 1.82) is 0 Å². The fourth-order valence-corrected chi connectivity index (χ4v) is 2.96. The maximum atomic E-state index is 12.1. The Labute approximate surface area is 176 Å². The summed E-state index contributed by atoms with van der Waals surface area (Å²) in [5, 5.41) is 11.6. The van der Waals surface area contributed by atoms with E-state index < -0.39 is 0 Å². The molecule has 0 radical (unpaired) electrons. The molecule has 0 atom stereocenters. The maximum Gasteiger partial charge on any atom is 0.338 e. The molecule has 1 heterocycles. The van der Waals surface area contributed by atoms with Crippen LogP contribution in [0.5, 0.6) is 0 Å². The second-order valence-electron chi connectivity index (χ2n) is 5.93. The minimum absolute atomic E-state index is 0.0997. The first-order valence-corrected chi connectivity index (χ1v) is 10.2. The average Bonchev–Trinajstić information content (AvgIpc) is 3.20. The van der Waals surface area contributed by atoms with Crippen LogP contribution in [-0.2, 0) is 9.53 Å². The van der Waals surface area contributed by atoms with Crippen molar-refractivity contribution < 1.29 is 18.7 Å². The van der Waals surface area contributed by atoms with Crippen molar-refractivity contribution >= 4 is 40.9 Å². The number of nitrogens with zero attached hydrogens (tertiary/aromatic N) is 2. The molecule has 3 rings (SSSR count). The van der Waals surface area contributed by atoms with Gasteiger partial charge in [-0.1, -0.05) is 30.3 Å². The van der Waals surface area contributed by atoms with Crippen LogP contribution in [0.2, 0.25) is 5.02 Å². The number of nitrogens with one attached hydrogen (secondary N) is 1. The Morgan fingerprint density at radius 2 is 1.83 bits per heavy atom. The Bertz CT molecular complexity index is 974. The highest BCUT2D eigenvalue weighted by Crippen LogP contribution is 2.24. The van der Waals surface area contributed by atoms with E-state index in [4.69, 9.17) is 20.8 Å². The highest BCUT2D eigenvalue weighted by molar-refractivity contribution is 7.99. The van der Waals surface area contributed by atoms with E-state index in [1.807, 2.05) is 6.92 Å². The zero-order chi connectivity index (χ0) is 20.6. The molecule has 0 fully saturated rings. The molecular formula is C20H18ClN3O4S. The van der Waals surface area contributed by atoms with Crippen LogP contribution in [0.15, 0.2) is 58.2 Å². The van der Waals surface area contributed by atoms with Crippen LogP contribution in [0.25, 0.3) is 11.5 Å². The van der Waals surface area contributed by atoms with Crippen LogP contribution in [0.4, 0.5) is 5.69 Å². The standard InChI is InChI=1S/C20H18ClN3O4S/c1-2-11-27-19(26)14-5-9-16(10-6-14)22-17(25)12-29-20-24-23-18(28-20)13-3-7-15(21)8-4-13/h3-10H,2,11-12H2,1H3,(H,22,25). The smallest absolute Gasteiger partial charge is 0.338 e. The summed E-state index contributed by atoms with van der Waals surface area (Å²) in [6.07, 6.45) is 0.763. The average molecular weight is 432 g/mol. The van der Waals surface area contributed by atoms with Crippen molar-refractivity contribution in [2.45, 2.75) is 18.6 Å². The molecule has 1 amide bonds. The van der Waals surface area contributed by atoms with Gasteiger partial charge in [0.1, 0.15) is 0 Å². The monoisotopic (exact) mass is 431 g/mol. The Morgan fingerprint density at radius 3 is 2.52 bits per heavy atom. The van der Waals surface area contributed by atoms with Gasteiger partial charge in [0.2, 0.25) is 11.8 Å². The lowest BCUT2D eigenvalue weighted by Crippen LogP contribution is -2.14. The number of anilines is 1. The first-order chi connectivity index (χ1) is 14.0. The fraction of sp³-hybridized carbons (Fsp3) is 0.200. The van der Waals surface area contributed by atoms with Crippen LogP contribution in [0.3, 0.4) is 0 Å². The molecule has 0 saturated heterocycles. The lowest BCUT2D eigenvalue weighted by atomic mass is 10.2. The number of amides is 1. The van der Waals surface area contributed by atoms with Crippen molar-refractivity contribution in [2.75, 3.05) is 17.7 Å². The van der Waals surface area contributed by atoms with Gasteiger partial charge in [-0.15, -0.1) is 10.2 Å². The number of carbonyl (C=O) groups excluding carboxylic acids is 2. The van der Waals surface area contributed by atoms with E-state index in [9.17, 15) is 9.59 Å². The fourth-order valence-electron chi connectivity index (χ4n) is 2.27. The molecule has 0 spiro atoms. The van der Waals surface area contributed by atoms with E-state index in [1.165, 1.54) is 0 Å². The first kappa shape index (κ1) is 20.9. The second-order valence-corrected chi connectivity index (χ2v) is 7.29. The summed E-state index contributed by atoms with van der Waals surface area (Å²) in [4.78, 5) is 23.9. The van der Waals surface area contributed by atoms with E-state index in [1.54, 1.807) is 48.5 Å². The van der Waals surface area contributed by atoms with Crippen LogP contribution >= 0.6 is 23.4 Å². The van der Waals surface area contributed by atoms with Crippen molar-refractivity contribution in [1.82, 2.24) is 10.2 Å². The van der Waals surface area contributed by atoms with E-state index in [2.05, 4.69) is 15.5 Å². The lowest BCUT2D eigenvalue weighted by molar-refractivity contribution is -0.113. The SMILES string of the molecule is CCCOC(=O)c1ccc(NC(=O)CSc2nnc(-c3ccc(Cl)cc3)o2)cc1. The molecular weight excluding hydrogens is 414 g/mol. The van der Waals surface area contributed by atoms with Gasteiger partial charge in [0, 0.05) is 16.3 Å². The van der Waals surface area contributed by atoms with E-state index >= 15 is 0 Å². The number of esters is 1. The number of rotatable bonds is 8. The van der Waals surface area contributed by atoms with Crippen LogP contribution < -0.4 is 5.32 Å². The Morgan fingerprint density at radius 1 is 1.10 bits per heavy atom. The number of hydrogen-bond donors (Lipinski definition) is 1. The molecule has 1 N–H and O–H groups in total. The largest absolute Gasteiger partial charge is 0.462 e. The number of hydrogen-bond acceptors (Lipinski definition) is 7. The van der Waals surface area contributed by atoms with Gasteiger partial charge >= 0.3 is 5.97 Å². The number of carbonyl (C=O) groups is 2. The summed E-state index contributed by atoms with van der Waals surface area (Å²) in [5.41, 5.74) is 1.76. The molecule has 3 aromatic rings. The minimum Gasteiger partial charge on any atom is -0.462 e. The van der Waals surface area contributed by atoms with Crippen molar-refractivity contribution in [2.24, 2.45) is 0 Å². The van der Waals surface area contributed by atoms with E-state index in [0.29, 0.717) is 34.0 Å². The summed E-state index contributed by atoms with van der Waals surface area (Å²) in [6, 6.07) is 13.5. The zero-order valence-electron chi connectivity index (χ0n) is 15.6. The summed E-state index contributed by atoms with van der Waals surface area (Å²) in [6.45, 7) is 2.31. The zero-order valence-corrected chi connectivity index (χ0v) is 17.1.